The quantitative estimate of drug-likeness (QED) is 0.799. The van der Waals surface area contributed by atoms with E-state index in [4.69, 9.17) is 10.5 Å². The van der Waals surface area contributed by atoms with Gasteiger partial charge >= 0.3 is 0 Å². The van der Waals surface area contributed by atoms with Crippen LogP contribution in [0.2, 0.25) is 0 Å². The van der Waals surface area contributed by atoms with E-state index >= 15 is 0 Å². The fourth-order valence-electron chi connectivity index (χ4n) is 1.92. The first kappa shape index (κ1) is 15.6. The van der Waals surface area contributed by atoms with E-state index in [1.807, 2.05) is 5.38 Å². The van der Waals surface area contributed by atoms with E-state index in [9.17, 15) is 9.59 Å². The highest BCUT2D eigenvalue weighted by atomic mass is 32.1. The van der Waals surface area contributed by atoms with E-state index in [-0.39, 0.29) is 37.1 Å². The van der Waals surface area contributed by atoms with Crippen LogP contribution >= 0.6 is 11.3 Å². The molecule has 0 spiro atoms. The van der Waals surface area contributed by atoms with Crippen molar-refractivity contribution in [2.75, 3.05) is 20.7 Å². The van der Waals surface area contributed by atoms with Crippen molar-refractivity contribution < 1.29 is 9.53 Å². The van der Waals surface area contributed by atoms with Crippen molar-refractivity contribution in [3.63, 3.8) is 0 Å². The molecule has 1 amide bonds. The summed E-state index contributed by atoms with van der Waals surface area (Å²) in [5.74, 6) is 0.351. The van der Waals surface area contributed by atoms with Crippen LogP contribution in [-0.4, -0.2) is 47.6 Å². The van der Waals surface area contributed by atoms with Gasteiger partial charge in [-0.1, -0.05) is 0 Å². The number of aromatic nitrogens is 2. The largest absolute Gasteiger partial charge is 0.380 e. The molecule has 0 saturated carbocycles. The van der Waals surface area contributed by atoms with Gasteiger partial charge in [0.25, 0.3) is 5.56 Å². The summed E-state index contributed by atoms with van der Waals surface area (Å²) >= 11 is 1.34. The van der Waals surface area contributed by atoms with E-state index in [0.717, 1.165) is 0 Å². The minimum Gasteiger partial charge on any atom is -0.380 e. The predicted octanol–water partition coefficient (Wildman–Crippen LogP) is 0.307. The van der Waals surface area contributed by atoms with Gasteiger partial charge in [-0.2, -0.15) is 0 Å². The number of hydrogen-bond donors (Lipinski definition) is 2. The fraction of sp³-hybridized carbons (Fsp3) is 0.462. The maximum Gasteiger partial charge on any atom is 0.268 e. The number of H-pyrrole nitrogens is 1. The molecule has 2 rings (SSSR count). The second-order valence-corrected chi connectivity index (χ2v) is 5.61. The zero-order chi connectivity index (χ0) is 15.4. The molecule has 0 fully saturated rings. The first-order valence-electron chi connectivity index (χ1n) is 6.48. The number of hydrogen-bond acceptors (Lipinski definition) is 6. The normalized spacial score (nSPS) is 12.5. The van der Waals surface area contributed by atoms with Gasteiger partial charge in [0.2, 0.25) is 5.91 Å². The third kappa shape index (κ3) is 3.66. The molecule has 0 bridgehead atoms. The topological polar surface area (TPSA) is 101 Å². The number of amides is 1. The van der Waals surface area contributed by atoms with Crippen molar-refractivity contribution in [2.45, 2.75) is 19.1 Å². The van der Waals surface area contributed by atoms with Crippen LogP contribution in [0.1, 0.15) is 12.2 Å². The molecule has 2 heterocycles. The summed E-state index contributed by atoms with van der Waals surface area (Å²) in [4.78, 5) is 32.4. The third-order valence-electron chi connectivity index (χ3n) is 3.18. The number of rotatable bonds is 6. The number of fused-ring (bicyclic) bond motifs is 1. The molecule has 0 saturated heterocycles. The molecule has 3 N–H and O–H groups in total. The van der Waals surface area contributed by atoms with Crippen molar-refractivity contribution in [3.8, 4) is 0 Å². The number of nitrogens with zero attached hydrogens (tertiary/aromatic N) is 2. The summed E-state index contributed by atoms with van der Waals surface area (Å²) in [6.45, 7) is 0.521. The molecule has 7 nitrogen and oxygen atoms in total. The molecule has 0 radical (unpaired) electrons. The Labute approximate surface area is 125 Å². The van der Waals surface area contributed by atoms with E-state index in [2.05, 4.69) is 9.97 Å². The maximum absolute atomic E-state index is 12.0. The Morgan fingerprint density at radius 1 is 1.62 bits per heavy atom. The van der Waals surface area contributed by atoms with Crippen molar-refractivity contribution in [2.24, 2.45) is 5.73 Å². The van der Waals surface area contributed by atoms with Gasteiger partial charge in [-0.05, 0) is 11.4 Å². The van der Waals surface area contributed by atoms with Gasteiger partial charge in [0.15, 0.2) is 0 Å². The highest BCUT2D eigenvalue weighted by Gasteiger charge is 2.16. The number of carbonyl (C=O) groups is 1. The highest BCUT2D eigenvalue weighted by Crippen LogP contribution is 2.14. The Balaban J connectivity index is 2.08. The molecule has 1 atom stereocenters. The third-order valence-corrected chi connectivity index (χ3v) is 4.08. The molecule has 0 aliphatic heterocycles. The SMILES string of the molecule is COC(CN)CC(=O)N(C)Cc1nc2ccsc2c(=O)[nH]1. The molecule has 2 aromatic rings. The molecule has 1 unspecified atom stereocenters. The number of ether oxygens (including phenoxy) is 1. The molecule has 8 heteroatoms. The van der Waals surface area contributed by atoms with Gasteiger partial charge in [0.05, 0.1) is 24.6 Å². The lowest BCUT2D eigenvalue weighted by molar-refractivity contribution is -0.132. The van der Waals surface area contributed by atoms with Crippen LogP contribution in [0, 0.1) is 0 Å². The Hall–Kier alpha value is -1.77. The molecule has 0 aromatic carbocycles. The smallest absolute Gasteiger partial charge is 0.268 e. The summed E-state index contributed by atoms with van der Waals surface area (Å²) in [7, 11) is 3.18. The standard InChI is InChI=1S/C13H18N4O3S/c1-17(11(18)5-8(6-14)20-2)7-10-15-9-3-4-21-12(9)13(19)16-10/h3-4,8H,5-7,14H2,1-2H3,(H,15,16,19). The molecule has 0 aliphatic carbocycles. The average Bonchev–Trinajstić information content (AvgIpc) is 2.93. The Bertz CT molecular complexity index is 677. The molecule has 2 aromatic heterocycles. The van der Waals surface area contributed by atoms with Gasteiger partial charge in [-0.15, -0.1) is 11.3 Å². The minimum absolute atomic E-state index is 0.111. The first-order chi connectivity index (χ1) is 10.0. The molecule has 21 heavy (non-hydrogen) atoms. The van der Waals surface area contributed by atoms with Gasteiger partial charge in [-0.25, -0.2) is 4.98 Å². The lowest BCUT2D eigenvalue weighted by atomic mass is 10.2. The highest BCUT2D eigenvalue weighted by molar-refractivity contribution is 7.17. The number of nitrogens with one attached hydrogen (secondary N) is 1. The summed E-state index contributed by atoms with van der Waals surface area (Å²) in [6.07, 6.45) is -0.0969. The summed E-state index contributed by atoms with van der Waals surface area (Å²) in [5.41, 5.74) is 5.97. The lowest BCUT2D eigenvalue weighted by Crippen LogP contribution is -2.34. The van der Waals surface area contributed by atoms with Crippen LogP contribution in [-0.2, 0) is 16.1 Å². The zero-order valence-corrected chi connectivity index (χ0v) is 12.8. The molecular weight excluding hydrogens is 292 g/mol. The van der Waals surface area contributed by atoms with Crippen LogP contribution < -0.4 is 11.3 Å². The van der Waals surface area contributed by atoms with Gasteiger partial charge in [-0.3, -0.25) is 9.59 Å². The second-order valence-electron chi connectivity index (χ2n) is 4.69. The number of aromatic amines is 1. The predicted molar refractivity (Wildman–Crippen MR) is 81.2 cm³/mol. The van der Waals surface area contributed by atoms with Crippen molar-refractivity contribution in [1.82, 2.24) is 14.9 Å². The van der Waals surface area contributed by atoms with E-state index < -0.39 is 0 Å². The van der Waals surface area contributed by atoms with Crippen molar-refractivity contribution >= 4 is 27.5 Å². The van der Waals surface area contributed by atoms with Crippen LogP contribution in [0.5, 0.6) is 0 Å². The number of thiophene rings is 1. The summed E-state index contributed by atoms with van der Waals surface area (Å²) in [6, 6.07) is 1.79. The summed E-state index contributed by atoms with van der Waals surface area (Å²) in [5, 5.41) is 1.82. The van der Waals surface area contributed by atoms with Crippen molar-refractivity contribution in [1.29, 1.82) is 0 Å². The molecule has 0 aliphatic rings. The Morgan fingerprint density at radius 2 is 2.38 bits per heavy atom. The average molecular weight is 310 g/mol. The van der Waals surface area contributed by atoms with Crippen molar-refractivity contribution in [3.05, 3.63) is 27.6 Å². The van der Waals surface area contributed by atoms with E-state index in [1.165, 1.54) is 23.3 Å². The number of nitrogens with two attached hydrogens (primary N) is 1. The maximum atomic E-state index is 12.0. The van der Waals surface area contributed by atoms with Gasteiger partial charge in [0, 0.05) is 20.7 Å². The van der Waals surface area contributed by atoms with Crippen LogP contribution in [0.3, 0.4) is 0 Å². The Morgan fingerprint density at radius 3 is 3.05 bits per heavy atom. The van der Waals surface area contributed by atoms with Crippen LogP contribution in [0.4, 0.5) is 0 Å². The zero-order valence-electron chi connectivity index (χ0n) is 12.0. The summed E-state index contributed by atoms with van der Waals surface area (Å²) < 4.78 is 5.69. The van der Waals surface area contributed by atoms with E-state index in [1.54, 1.807) is 13.1 Å². The molecular formula is C13H18N4O3S. The first-order valence-corrected chi connectivity index (χ1v) is 7.36. The van der Waals surface area contributed by atoms with Crippen LogP contribution in [0.15, 0.2) is 16.2 Å². The minimum atomic E-state index is -0.300. The fourth-order valence-corrected chi connectivity index (χ4v) is 2.65. The lowest BCUT2D eigenvalue weighted by Gasteiger charge is -2.19. The van der Waals surface area contributed by atoms with Gasteiger partial charge in [0.1, 0.15) is 10.5 Å². The molecule has 114 valence electrons. The van der Waals surface area contributed by atoms with Crippen LogP contribution in [0.25, 0.3) is 10.2 Å². The van der Waals surface area contributed by atoms with E-state index in [0.29, 0.717) is 16.0 Å². The Kier molecular flexibility index (Phi) is 5.05. The monoisotopic (exact) mass is 310 g/mol. The second kappa shape index (κ2) is 6.79. The number of methoxy groups -OCH3 is 1. The number of carbonyl (C=O) groups excluding carboxylic acids is 1. The van der Waals surface area contributed by atoms with Gasteiger partial charge < -0.3 is 20.4 Å².